The molecule has 2 rings (SSSR count). The maximum absolute atomic E-state index is 4.16. The lowest BCUT2D eigenvalue weighted by atomic mass is 10.1. The molecule has 0 radical (unpaired) electrons. The van der Waals surface area contributed by atoms with Crippen LogP contribution in [-0.4, -0.2) is 9.97 Å². The molecule has 2 N–H and O–H groups in total. The van der Waals surface area contributed by atoms with E-state index in [1.165, 1.54) is 5.56 Å². The number of nitrogens with one attached hydrogen (secondary N) is 2. The van der Waals surface area contributed by atoms with Crippen molar-refractivity contribution in [2.24, 2.45) is 0 Å². The van der Waals surface area contributed by atoms with Crippen molar-refractivity contribution in [2.75, 3.05) is 0 Å². The van der Waals surface area contributed by atoms with Gasteiger partial charge in [-0.3, -0.25) is 0 Å². The van der Waals surface area contributed by atoms with Gasteiger partial charge in [0.15, 0.2) is 0 Å². The third kappa shape index (κ3) is 2.67. The average Bonchev–Trinajstić information content (AvgIpc) is 2.80. The zero-order chi connectivity index (χ0) is 10.5. The molecule has 0 fully saturated rings. The van der Waals surface area contributed by atoms with E-state index in [-0.39, 0.29) is 0 Å². The Balaban J connectivity index is 1.90. The Kier molecular flexibility index (Phi) is 3.15. The minimum atomic E-state index is 0.344. The first-order valence-corrected chi connectivity index (χ1v) is 5.13. The molecule has 78 valence electrons. The van der Waals surface area contributed by atoms with Crippen LogP contribution >= 0.6 is 0 Å². The lowest BCUT2D eigenvalue weighted by Gasteiger charge is -2.12. The van der Waals surface area contributed by atoms with Crippen LogP contribution in [0, 0.1) is 0 Å². The van der Waals surface area contributed by atoms with E-state index in [1.54, 1.807) is 6.20 Å². The molecule has 0 amide bonds. The molecule has 0 saturated carbocycles. The summed E-state index contributed by atoms with van der Waals surface area (Å²) in [6.07, 6.45) is 3.61. The molecule has 1 aromatic carbocycles. The normalized spacial score (nSPS) is 12.6. The molecular formula is C12H15N3. The van der Waals surface area contributed by atoms with E-state index >= 15 is 0 Å². The highest BCUT2D eigenvalue weighted by atomic mass is 15.0. The predicted octanol–water partition coefficient (Wildman–Crippen LogP) is 2.26. The molecule has 0 aliphatic heterocycles. The van der Waals surface area contributed by atoms with Crippen LogP contribution in [0.3, 0.4) is 0 Å². The van der Waals surface area contributed by atoms with Crippen molar-refractivity contribution in [2.45, 2.75) is 19.5 Å². The second kappa shape index (κ2) is 4.75. The van der Waals surface area contributed by atoms with Gasteiger partial charge in [0, 0.05) is 18.4 Å². The van der Waals surface area contributed by atoms with Gasteiger partial charge in [-0.05, 0) is 12.5 Å². The molecule has 3 heteroatoms. The maximum atomic E-state index is 4.16. The Morgan fingerprint density at radius 2 is 2.13 bits per heavy atom. The van der Waals surface area contributed by atoms with Gasteiger partial charge in [-0.2, -0.15) is 0 Å². The molecule has 3 nitrogen and oxygen atoms in total. The molecule has 1 aromatic heterocycles. The second-order valence-corrected chi connectivity index (χ2v) is 3.55. The van der Waals surface area contributed by atoms with E-state index in [9.17, 15) is 0 Å². The quantitative estimate of drug-likeness (QED) is 0.796. The highest BCUT2D eigenvalue weighted by molar-refractivity contribution is 5.18. The van der Waals surface area contributed by atoms with Crippen molar-refractivity contribution in [1.82, 2.24) is 15.3 Å². The molecule has 0 saturated heterocycles. The number of nitrogens with zero attached hydrogens (tertiary/aromatic N) is 1. The van der Waals surface area contributed by atoms with Gasteiger partial charge >= 0.3 is 0 Å². The molecule has 15 heavy (non-hydrogen) atoms. The Hall–Kier alpha value is -1.61. The molecule has 0 aliphatic rings. The Labute approximate surface area is 89.6 Å². The topological polar surface area (TPSA) is 40.7 Å². The monoisotopic (exact) mass is 201 g/mol. The van der Waals surface area contributed by atoms with Crippen molar-refractivity contribution >= 4 is 0 Å². The van der Waals surface area contributed by atoms with E-state index in [4.69, 9.17) is 0 Å². The smallest absolute Gasteiger partial charge is 0.120 e. The maximum Gasteiger partial charge on any atom is 0.120 e. The van der Waals surface area contributed by atoms with Gasteiger partial charge in [0.25, 0.3) is 0 Å². The number of aromatic amines is 1. The van der Waals surface area contributed by atoms with Crippen LogP contribution in [0.2, 0.25) is 0 Å². The van der Waals surface area contributed by atoms with Gasteiger partial charge in [0.05, 0.1) is 6.54 Å². The van der Waals surface area contributed by atoms with Crippen LogP contribution in [0.4, 0.5) is 0 Å². The average molecular weight is 201 g/mol. The van der Waals surface area contributed by atoms with Crippen LogP contribution in [0.15, 0.2) is 42.7 Å². The Bertz CT molecular complexity index is 381. The third-order valence-corrected chi connectivity index (χ3v) is 2.43. The standard InChI is InChI=1S/C12H15N3/c1-10(11-5-3-2-4-6-11)15-9-12-13-7-8-14-12/h2-8,10,15H,9H2,1H3,(H,13,14)/t10-/m1/s1. The van der Waals surface area contributed by atoms with Gasteiger partial charge in [-0.15, -0.1) is 0 Å². The summed E-state index contributed by atoms with van der Waals surface area (Å²) >= 11 is 0. The molecule has 2 aromatic rings. The molecule has 0 spiro atoms. The van der Waals surface area contributed by atoms with Crippen molar-refractivity contribution in [3.63, 3.8) is 0 Å². The first-order chi connectivity index (χ1) is 7.36. The first-order valence-electron chi connectivity index (χ1n) is 5.13. The van der Waals surface area contributed by atoms with Crippen molar-refractivity contribution in [1.29, 1.82) is 0 Å². The number of rotatable bonds is 4. The third-order valence-electron chi connectivity index (χ3n) is 2.43. The van der Waals surface area contributed by atoms with Crippen LogP contribution < -0.4 is 5.32 Å². The van der Waals surface area contributed by atoms with Gasteiger partial charge in [-0.1, -0.05) is 30.3 Å². The number of aromatic nitrogens is 2. The van der Waals surface area contributed by atoms with Crippen molar-refractivity contribution in [3.05, 3.63) is 54.1 Å². The summed E-state index contributed by atoms with van der Waals surface area (Å²) in [5.74, 6) is 0.970. The summed E-state index contributed by atoms with van der Waals surface area (Å²) < 4.78 is 0. The van der Waals surface area contributed by atoms with Crippen LogP contribution in [0.25, 0.3) is 0 Å². The minimum absolute atomic E-state index is 0.344. The molecular weight excluding hydrogens is 186 g/mol. The fraction of sp³-hybridized carbons (Fsp3) is 0.250. The lowest BCUT2D eigenvalue weighted by Crippen LogP contribution is -2.18. The highest BCUT2D eigenvalue weighted by Gasteiger charge is 2.03. The molecule has 1 heterocycles. The van der Waals surface area contributed by atoms with E-state index in [1.807, 2.05) is 12.3 Å². The summed E-state index contributed by atoms with van der Waals surface area (Å²) in [6.45, 7) is 2.92. The molecule has 1 atom stereocenters. The number of imidazole rings is 1. The SMILES string of the molecule is C[C@@H](NCc1ncc[nH]1)c1ccccc1. The second-order valence-electron chi connectivity index (χ2n) is 3.55. The van der Waals surface area contributed by atoms with Gasteiger partial charge < -0.3 is 10.3 Å². The van der Waals surface area contributed by atoms with Crippen LogP contribution in [0.1, 0.15) is 24.4 Å². The molecule has 0 unspecified atom stereocenters. The predicted molar refractivity (Wildman–Crippen MR) is 60.3 cm³/mol. The lowest BCUT2D eigenvalue weighted by molar-refractivity contribution is 0.562. The van der Waals surface area contributed by atoms with Crippen LogP contribution in [0.5, 0.6) is 0 Å². The van der Waals surface area contributed by atoms with E-state index < -0.39 is 0 Å². The summed E-state index contributed by atoms with van der Waals surface area (Å²) in [5.41, 5.74) is 1.30. The summed E-state index contributed by atoms with van der Waals surface area (Å²) in [7, 11) is 0. The fourth-order valence-electron chi connectivity index (χ4n) is 1.50. The van der Waals surface area contributed by atoms with E-state index in [0.717, 1.165) is 12.4 Å². The first kappa shape index (κ1) is 9.93. The van der Waals surface area contributed by atoms with Gasteiger partial charge in [-0.25, -0.2) is 4.98 Å². The van der Waals surface area contributed by atoms with Crippen molar-refractivity contribution in [3.8, 4) is 0 Å². The number of H-pyrrole nitrogens is 1. The highest BCUT2D eigenvalue weighted by Crippen LogP contribution is 2.11. The van der Waals surface area contributed by atoms with Gasteiger partial charge in [0.1, 0.15) is 5.82 Å². The number of hydrogen-bond acceptors (Lipinski definition) is 2. The zero-order valence-corrected chi connectivity index (χ0v) is 8.77. The molecule has 0 aliphatic carbocycles. The number of hydrogen-bond donors (Lipinski definition) is 2. The van der Waals surface area contributed by atoms with Crippen LogP contribution in [-0.2, 0) is 6.54 Å². The van der Waals surface area contributed by atoms with E-state index in [0.29, 0.717) is 6.04 Å². The summed E-state index contributed by atoms with van der Waals surface area (Å²) in [4.78, 5) is 7.23. The summed E-state index contributed by atoms with van der Waals surface area (Å²) in [6, 6.07) is 10.7. The van der Waals surface area contributed by atoms with Gasteiger partial charge in [0.2, 0.25) is 0 Å². The zero-order valence-electron chi connectivity index (χ0n) is 8.77. The summed E-state index contributed by atoms with van der Waals surface area (Å²) in [5, 5.41) is 3.41. The molecule has 0 bridgehead atoms. The Morgan fingerprint density at radius 1 is 1.33 bits per heavy atom. The van der Waals surface area contributed by atoms with E-state index in [2.05, 4.69) is 46.5 Å². The largest absolute Gasteiger partial charge is 0.348 e. The van der Waals surface area contributed by atoms with Crippen molar-refractivity contribution < 1.29 is 0 Å². The fourth-order valence-corrected chi connectivity index (χ4v) is 1.50. The Morgan fingerprint density at radius 3 is 2.80 bits per heavy atom. The minimum Gasteiger partial charge on any atom is -0.348 e. The number of benzene rings is 1.